The smallest absolute Gasteiger partial charge is 0.243 e. The number of halogens is 1. The summed E-state index contributed by atoms with van der Waals surface area (Å²) >= 11 is 0. The molecule has 0 aromatic heterocycles. The van der Waals surface area contributed by atoms with Crippen LogP contribution < -0.4 is 5.32 Å². The van der Waals surface area contributed by atoms with Crippen LogP contribution in [0.1, 0.15) is 24.0 Å². The van der Waals surface area contributed by atoms with Gasteiger partial charge >= 0.3 is 0 Å². The molecule has 0 aliphatic carbocycles. The number of nitrogens with one attached hydrogen (secondary N) is 1. The SMILES string of the molecule is Cc1cc(S(=O)(=O)N2CCC[C@@H]2C(=O)NCc2ccccc2)ccc1F. The van der Waals surface area contributed by atoms with Gasteiger partial charge in [0, 0.05) is 13.1 Å². The molecule has 0 bridgehead atoms. The molecule has 7 heteroatoms. The Morgan fingerprint density at radius 3 is 2.65 bits per heavy atom. The van der Waals surface area contributed by atoms with Crippen LogP contribution in [0.3, 0.4) is 0 Å². The van der Waals surface area contributed by atoms with E-state index in [1.165, 1.54) is 23.4 Å². The molecule has 0 saturated carbocycles. The van der Waals surface area contributed by atoms with Crippen LogP contribution in [0, 0.1) is 12.7 Å². The molecule has 0 radical (unpaired) electrons. The topological polar surface area (TPSA) is 66.5 Å². The van der Waals surface area contributed by atoms with Crippen molar-refractivity contribution in [2.45, 2.75) is 37.2 Å². The minimum atomic E-state index is -3.85. The molecule has 1 amide bonds. The van der Waals surface area contributed by atoms with E-state index in [1.807, 2.05) is 30.3 Å². The zero-order chi connectivity index (χ0) is 18.7. The third-order valence-corrected chi connectivity index (χ3v) is 6.46. The van der Waals surface area contributed by atoms with Crippen molar-refractivity contribution in [3.63, 3.8) is 0 Å². The number of amides is 1. The average Bonchev–Trinajstić information content (AvgIpc) is 3.13. The van der Waals surface area contributed by atoms with Crippen LogP contribution in [0.5, 0.6) is 0 Å². The van der Waals surface area contributed by atoms with Crippen LogP contribution in [-0.2, 0) is 21.4 Å². The first-order valence-corrected chi connectivity index (χ1v) is 9.93. The lowest BCUT2D eigenvalue weighted by Crippen LogP contribution is -2.45. The van der Waals surface area contributed by atoms with Gasteiger partial charge in [-0.1, -0.05) is 30.3 Å². The van der Waals surface area contributed by atoms with E-state index in [9.17, 15) is 17.6 Å². The fraction of sp³-hybridized carbons (Fsp3) is 0.316. The van der Waals surface area contributed by atoms with E-state index in [-0.39, 0.29) is 22.9 Å². The lowest BCUT2D eigenvalue weighted by molar-refractivity contribution is -0.124. The zero-order valence-electron chi connectivity index (χ0n) is 14.5. The van der Waals surface area contributed by atoms with Gasteiger partial charge in [0.15, 0.2) is 0 Å². The summed E-state index contributed by atoms with van der Waals surface area (Å²) in [5.41, 5.74) is 1.21. The van der Waals surface area contributed by atoms with E-state index in [2.05, 4.69) is 5.32 Å². The van der Waals surface area contributed by atoms with Crippen LogP contribution in [0.4, 0.5) is 4.39 Å². The van der Waals surface area contributed by atoms with Crippen molar-refractivity contribution in [2.75, 3.05) is 6.54 Å². The molecule has 0 spiro atoms. The van der Waals surface area contributed by atoms with E-state index < -0.39 is 21.9 Å². The quantitative estimate of drug-likeness (QED) is 0.872. The Bertz CT molecular complexity index is 900. The van der Waals surface area contributed by atoms with Gasteiger partial charge in [-0.15, -0.1) is 0 Å². The van der Waals surface area contributed by atoms with E-state index in [0.717, 1.165) is 11.6 Å². The summed E-state index contributed by atoms with van der Waals surface area (Å²) in [5, 5.41) is 2.81. The monoisotopic (exact) mass is 376 g/mol. The molecule has 1 atom stereocenters. The average molecular weight is 376 g/mol. The van der Waals surface area contributed by atoms with E-state index in [0.29, 0.717) is 19.4 Å². The highest BCUT2D eigenvalue weighted by Crippen LogP contribution is 2.27. The van der Waals surface area contributed by atoms with Gasteiger partial charge in [0.25, 0.3) is 0 Å². The molecule has 1 fully saturated rings. The van der Waals surface area contributed by atoms with Crippen LogP contribution in [0.15, 0.2) is 53.4 Å². The Labute approximate surface area is 152 Å². The van der Waals surface area contributed by atoms with E-state index in [4.69, 9.17) is 0 Å². The molecule has 2 aromatic carbocycles. The summed E-state index contributed by atoms with van der Waals surface area (Å²) in [4.78, 5) is 12.6. The molecule has 3 rings (SSSR count). The third-order valence-electron chi connectivity index (χ3n) is 4.55. The number of hydrogen-bond donors (Lipinski definition) is 1. The van der Waals surface area contributed by atoms with Crippen molar-refractivity contribution >= 4 is 15.9 Å². The van der Waals surface area contributed by atoms with Crippen molar-refractivity contribution in [2.24, 2.45) is 0 Å². The van der Waals surface area contributed by atoms with Gasteiger partial charge in [-0.3, -0.25) is 4.79 Å². The van der Waals surface area contributed by atoms with Crippen molar-refractivity contribution in [1.29, 1.82) is 0 Å². The number of carbonyl (C=O) groups excluding carboxylic acids is 1. The summed E-state index contributed by atoms with van der Waals surface area (Å²) in [6, 6.07) is 12.4. The van der Waals surface area contributed by atoms with Gasteiger partial charge in [-0.2, -0.15) is 4.31 Å². The fourth-order valence-corrected chi connectivity index (χ4v) is 4.85. The molecule has 1 heterocycles. The molecular weight excluding hydrogens is 355 g/mol. The Hall–Kier alpha value is -2.25. The standard InChI is InChI=1S/C19H21FN2O3S/c1-14-12-16(9-10-17(14)20)26(24,25)22-11-5-8-18(22)19(23)21-13-15-6-3-2-4-7-15/h2-4,6-7,9-10,12,18H,5,8,11,13H2,1H3,(H,21,23)/t18-/m1/s1. The summed E-state index contributed by atoms with van der Waals surface area (Å²) in [6.45, 7) is 2.14. The molecule has 0 unspecified atom stereocenters. The highest BCUT2D eigenvalue weighted by molar-refractivity contribution is 7.89. The van der Waals surface area contributed by atoms with Crippen molar-refractivity contribution in [3.8, 4) is 0 Å². The molecular formula is C19H21FN2O3S. The Kier molecular flexibility index (Phi) is 5.38. The summed E-state index contributed by atoms with van der Waals surface area (Å²) in [6.07, 6.45) is 1.09. The van der Waals surface area contributed by atoms with Crippen LogP contribution in [-0.4, -0.2) is 31.2 Å². The molecule has 5 nitrogen and oxygen atoms in total. The van der Waals surface area contributed by atoms with Crippen molar-refractivity contribution in [1.82, 2.24) is 9.62 Å². The third kappa shape index (κ3) is 3.78. The molecule has 138 valence electrons. The number of carbonyl (C=O) groups is 1. The number of hydrogen-bond acceptors (Lipinski definition) is 3. The Balaban J connectivity index is 1.76. The lowest BCUT2D eigenvalue weighted by Gasteiger charge is -2.23. The maximum absolute atomic E-state index is 13.5. The minimum Gasteiger partial charge on any atom is -0.351 e. The summed E-state index contributed by atoms with van der Waals surface area (Å²) in [7, 11) is -3.85. The van der Waals surface area contributed by atoms with Gasteiger partial charge < -0.3 is 5.32 Å². The van der Waals surface area contributed by atoms with Gasteiger partial charge in [0.2, 0.25) is 15.9 Å². The first-order chi connectivity index (χ1) is 12.4. The predicted octanol–water partition coefficient (Wildman–Crippen LogP) is 2.60. The normalized spacial score (nSPS) is 18.0. The van der Waals surface area contributed by atoms with Gasteiger partial charge in [-0.05, 0) is 49.1 Å². The summed E-state index contributed by atoms with van der Waals surface area (Å²) in [5.74, 6) is -0.767. The number of nitrogens with zero attached hydrogens (tertiary/aromatic N) is 1. The largest absolute Gasteiger partial charge is 0.351 e. The maximum atomic E-state index is 13.5. The predicted molar refractivity (Wildman–Crippen MR) is 96.3 cm³/mol. The van der Waals surface area contributed by atoms with E-state index >= 15 is 0 Å². The van der Waals surface area contributed by atoms with Gasteiger partial charge in [0.05, 0.1) is 4.90 Å². The number of aryl methyl sites for hydroxylation is 1. The summed E-state index contributed by atoms with van der Waals surface area (Å²) < 4.78 is 40.5. The Morgan fingerprint density at radius 1 is 1.23 bits per heavy atom. The van der Waals surface area contributed by atoms with Crippen LogP contribution in [0.2, 0.25) is 0 Å². The fourth-order valence-electron chi connectivity index (χ4n) is 3.11. The van der Waals surface area contributed by atoms with Crippen molar-refractivity contribution < 1.29 is 17.6 Å². The first-order valence-electron chi connectivity index (χ1n) is 8.49. The second kappa shape index (κ2) is 7.55. The molecule has 1 saturated heterocycles. The second-order valence-electron chi connectivity index (χ2n) is 6.39. The van der Waals surface area contributed by atoms with Crippen LogP contribution >= 0.6 is 0 Å². The highest BCUT2D eigenvalue weighted by atomic mass is 32.2. The molecule has 1 aliphatic heterocycles. The zero-order valence-corrected chi connectivity index (χ0v) is 15.3. The minimum absolute atomic E-state index is 0.0131. The number of sulfonamides is 1. The highest BCUT2D eigenvalue weighted by Gasteiger charge is 2.39. The second-order valence-corrected chi connectivity index (χ2v) is 8.28. The van der Waals surface area contributed by atoms with Crippen LogP contribution in [0.25, 0.3) is 0 Å². The first kappa shape index (κ1) is 18.5. The van der Waals surface area contributed by atoms with Gasteiger partial charge in [-0.25, -0.2) is 12.8 Å². The van der Waals surface area contributed by atoms with Crippen molar-refractivity contribution in [3.05, 3.63) is 65.5 Å². The van der Waals surface area contributed by atoms with E-state index in [1.54, 1.807) is 0 Å². The molecule has 26 heavy (non-hydrogen) atoms. The molecule has 1 N–H and O–H groups in total. The lowest BCUT2D eigenvalue weighted by atomic mass is 10.2. The number of rotatable bonds is 5. The molecule has 1 aliphatic rings. The Morgan fingerprint density at radius 2 is 1.96 bits per heavy atom. The molecule has 2 aromatic rings. The number of benzene rings is 2. The maximum Gasteiger partial charge on any atom is 0.243 e. The van der Waals surface area contributed by atoms with Gasteiger partial charge in [0.1, 0.15) is 11.9 Å².